The van der Waals surface area contributed by atoms with Gasteiger partial charge in [0.05, 0.1) is 12.0 Å². The maximum absolute atomic E-state index is 11.2. The van der Waals surface area contributed by atoms with Crippen molar-refractivity contribution < 1.29 is 19.4 Å². The predicted molar refractivity (Wildman–Crippen MR) is 119 cm³/mol. The van der Waals surface area contributed by atoms with E-state index >= 15 is 0 Å². The summed E-state index contributed by atoms with van der Waals surface area (Å²) in [4.78, 5) is 22.1. The zero-order chi connectivity index (χ0) is 21.6. The molecule has 28 heavy (non-hydrogen) atoms. The first kappa shape index (κ1) is 29.1. The van der Waals surface area contributed by atoms with Gasteiger partial charge in [-0.15, -0.1) is 0 Å². The summed E-state index contributed by atoms with van der Waals surface area (Å²) in [5, 5.41) is 8.96. The van der Waals surface area contributed by atoms with Crippen LogP contribution in [0.25, 0.3) is 0 Å². The summed E-state index contributed by atoms with van der Waals surface area (Å²) in [5.41, 5.74) is 0. The van der Waals surface area contributed by atoms with Gasteiger partial charge in [0.2, 0.25) is 0 Å². The lowest BCUT2D eigenvalue weighted by molar-refractivity contribution is -0.148. The van der Waals surface area contributed by atoms with Gasteiger partial charge in [0.1, 0.15) is 0 Å². The van der Waals surface area contributed by atoms with Gasteiger partial charge in [-0.1, -0.05) is 91.9 Å². The average Bonchev–Trinajstić information content (AvgIpc) is 2.67. The van der Waals surface area contributed by atoms with Crippen LogP contribution in [-0.4, -0.2) is 23.1 Å². The summed E-state index contributed by atoms with van der Waals surface area (Å²) in [5.74, 6) is -0.724. The van der Waals surface area contributed by atoms with Crippen LogP contribution in [0.3, 0.4) is 0 Å². The minimum absolute atomic E-state index is 0.0316. The highest BCUT2D eigenvalue weighted by Gasteiger charge is 2.15. The molecule has 4 heteroatoms. The molecule has 0 saturated carbocycles. The van der Waals surface area contributed by atoms with E-state index in [2.05, 4.69) is 20.8 Å². The van der Waals surface area contributed by atoms with E-state index in [0.29, 0.717) is 6.42 Å². The molecule has 0 spiro atoms. The molecule has 0 radical (unpaired) electrons. The molecule has 0 aliphatic heterocycles. The maximum atomic E-state index is 11.2. The van der Waals surface area contributed by atoms with E-state index in [1.807, 2.05) is 13.8 Å². The third-order valence-corrected chi connectivity index (χ3v) is 5.05. The van der Waals surface area contributed by atoms with Crippen LogP contribution < -0.4 is 0 Å². The molecule has 1 N–H and O–H groups in total. The Labute approximate surface area is 174 Å². The van der Waals surface area contributed by atoms with Gasteiger partial charge in [-0.25, -0.2) is 0 Å². The molecule has 0 aliphatic rings. The lowest BCUT2D eigenvalue weighted by atomic mass is 9.95. The highest BCUT2D eigenvalue weighted by molar-refractivity contribution is 5.70. The first-order chi connectivity index (χ1) is 13.4. The van der Waals surface area contributed by atoms with E-state index in [-0.39, 0.29) is 18.0 Å². The lowest BCUT2D eigenvalue weighted by Gasteiger charge is -2.10. The summed E-state index contributed by atoms with van der Waals surface area (Å²) in [7, 11) is 0. The van der Waals surface area contributed by atoms with E-state index < -0.39 is 5.97 Å². The lowest BCUT2D eigenvalue weighted by Crippen LogP contribution is -2.13. The van der Waals surface area contributed by atoms with Crippen LogP contribution in [0.15, 0.2) is 0 Å². The monoisotopic (exact) mass is 400 g/mol. The van der Waals surface area contributed by atoms with E-state index in [9.17, 15) is 9.59 Å². The van der Waals surface area contributed by atoms with Gasteiger partial charge in [-0.05, 0) is 32.6 Å². The van der Waals surface area contributed by atoms with Gasteiger partial charge in [-0.2, -0.15) is 0 Å². The first-order valence-corrected chi connectivity index (χ1v) is 11.8. The molecule has 168 valence electrons. The Morgan fingerprint density at radius 1 is 0.750 bits per heavy atom. The Bertz CT molecular complexity index is 355. The second-order valence-electron chi connectivity index (χ2n) is 7.90. The molecular formula is C24H48O4. The SMILES string of the molecule is CCCCCCC(CCCC)C(=O)O.CCCCCCCC(=O)OC(C)CC. The van der Waals surface area contributed by atoms with Gasteiger partial charge in [0.25, 0.3) is 0 Å². The van der Waals surface area contributed by atoms with Crippen LogP contribution in [0.2, 0.25) is 0 Å². The molecule has 0 heterocycles. The smallest absolute Gasteiger partial charge is 0.306 e. The first-order valence-electron chi connectivity index (χ1n) is 11.8. The van der Waals surface area contributed by atoms with Crippen molar-refractivity contribution in [3.8, 4) is 0 Å². The van der Waals surface area contributed by atoms with Gasteiger partial charge in [-0.3, -0.25) is 9.59 Å². The Hall–Kier alpha value is -1.06. The Morgan fingerprint density at radius 3 is 1.75 bits per heavy atom. The molecule has 2 unspecified atom stereocenters. The summed E-state index contributed by atoms with van der Waals surface area (Å²) < 4.78 is 5.17. The minimum atomic E-state index is -0.602. The molecule has 4 nitrogen and oxygen atoms in total. The number of aliphatic carboxylic acids is 1. The number of unbranched alkanes of at least 4 members (excludes halogenated alkanes) is 8. The number of carbonyl (C=O) groups excluding carboxylic acids is 1. The second kappa shape index (κ2) is 22.2. The van der Waals surface area contributed by atoms with Crippen molar-refractivity contribution in [2.24, 2.45) is 5.92 Å². The summed E-state index contributed by atoms with van der Waals surface area (Å²) in [6.45, 7) is 10.4. The van der Waals surface area contributed by atoms with Crippen LogP contribution in [-0.2, 0) is 14.3 Å². The molecule has 2 atom stereocenters. The number of esters is 1. The number of rotatable bonds is 17. The normalized spacial score (nSPS) is 12.6. The summed E-state index contributed by atoms with van der Waals surface area (Å²) in [6, 6.07) is 0. The zero-order valence-corrected chi connectivity index (χ0v) is 19.4. The Kier molecular flexibility index (Phi) is 23.1. The van der Waals surface area contributed by atoms with Crippen molar-refractivity contribution in [2.45, 2.75) is 137 Å². The number of carboxylic acids is 1. The average molecular weight is 401 g/mol. The van der Waals surface area contributed by atoms with Crippen LogP contribution >= 0.6 is 0 Å². The molecule has 0 rings (SSSR count). The fourth-order valence-corrected chi connectivity index (χ4v) is 2.90. The van der Waals surface area contributed by atoms with Gasteiger partial charge < -0.3 is 9.84 Å². The van der Waals surface area contributed by atoms with Crippen LogP contribution in [0.4, 0.5) is 0 Å². The topological polar surface area (TPSA) is 63.6 Å². The van der Waals surface area contributed by atoms with Crippen LogP contribution in [0, 0.1) is 5.92 Å². The van der Waals surface area contributed by atoms with E-state index in [1.165, 1.54) is 38.5 Å². The third-order valence-electron chi connectivity index (χ3n) is 5.05. The minimum Gasteiger partial charge on any atom is -0.481 e. The van der Waals surface area contributed by atoms with Crippen molar-refractivity contribution in [3.63, 3.8) is 0 Å². The predicted octanol–water partition coefficient (Wildman–Crippen LogP) is 7.54. The number of ether oxygens (including phenoxy) is 1. The summed E-state index contributed by atoms with van der Waals surface area (Å²) >= 11 is 0. The zero-order valence-electron chi connectivity index (χ0n) is 19.4. The fraction of sp³-hybridized carbons (Fsp3) is 0.917. The van der Waals surface area contributed by atoms with Gasteiger partial charge in [0.15, 0.2) is 0 Å². The molecule has 0 saturated heterocycles. The maximum Gasteiger partial charge on any atom is 0.306 e. The molecule has 0 amide bonds. The molecule has 0 bridgehead atoms. The number of carbonyl (C=O) groups is 2. The molecular weight excluding hydrogens is 352 g/mol. The highest BCUT2D eigenvalue weighted by atomic mass is 16.5. The Morgan fingerprint density at radius 2 is 1.25 bits per heavy atom. The standard InChI is InChI=1S/2C12H24O2/c1-4-6-7-8-9-10-12(13)14-11(3)5-2;1-3-5-7-8-10-11(12(13)14)9-6-4-2/h11H,4-10H2,1-3H3;11H,3-10H2,1-2H3,(H,13,14). The van der Waals surface area contributed by atoms with Crippen molar-refractivity contribution in [1.82, 2.24) is 0 Å². The highest BCUT2D eigenvalue weighted by Crippen LogP contribution is 2.17. The van der Waals surface area contributed by atoms with Crippen molar-refractivity contribution in [1.29, 1.82) is 0 Å². The van der Waals surface area contributed by atoms with E-state index in [1.54, 1.807) is 0 Å². The van der Waals surface area contributed by atoms with E-state index in [0.717, 1.165) is 51.4 Å². The summed E-state index contributed by atoms with van der Waals surface area (Å²) in [6.07, 6.45) is 16.1. The van der Waals surface area contributed by atoms with Crippen LogP contribution in [0.1, 0.15) is 131 Å². The van der Waals surface area contributed by atoms with E-state index in [4.69, 9.17) is 9.84 Å². The second-order valence-corrected chi connectivity index (χ2v) is 7.90. The van der Waals surface area contributed by atoms with Crippen molar-refractivity contribution in [2.75, 3.05) is 0 Å². The molecule has 0 fully saturated rings. The molecule has 0 aromatic carbocycles. The third kappa shape index (κ3) is 21.2. The van der Waals surface area contributed by atoms with Crippen molar-refractivity contribution >= 4 is 11.9 Å². The number of carboxylic acid groups (broad SMARTS) is 1. The molecule has 0 aliphatic carbocycles. The number of hydrogen-bond acceptors (Lipinski definition) is 3. The molecule has 0 aromatic rings. The fourth-order valence-electron chi connectivity index (χ4n) is 2.90. The van der Waals surface area contributed by atoms with Crippen LogP contribution in [0.5, 0.6) is 0 Å². The van der Waals surface area contributed by atoms with Gasteiger partial charge in [0, 0.05) is 6.42 Å². The van der Waals surface area contributed by atoms with Crippen molar-refractivity contribution in [3.05, 3.63) is 0 Å². The Balaban J connectivity index is 0. The quantitative estimate of drug-likeness (QED) is 0.202. The molecule has 0 aromatic heterocycles. The number of hydrogen-bond donors (Lipinski definition) is 1. The van der Waals surface area contributed by atoms with Gasteiger partial charge >= 0.3 is 11.9 Å². The largest absolute Gasteiger partial charge is 0.481 e.